The quantitative estimate of drug-likeness (QED) is 0.589. The van der Waals surface area contributed by atoms with E-state index in [-0.39, 0.29) is 5.41 Å². The van der Waals surface area contributed by atoms with E-state index < -0.39 is 0 Å². The zero-order valence-corrected chi connectivity index (χ0v) is 13.7. The number of ether oxygens (including phenoxy) is 2. The normalized spacial score (nSPS) is 15.8. The Kier molecular flexibility index (Phi) is 5.62. The van der Waals surface area contributed by atoms with Gasteiger partial charge in [0.15, 0.2) is 0 Å². The van der Waals surface area contributed by atoms with Crippen LogP contribution in [0.15, 0.2) is 65.8 Å². The van der Waals surface area contributed by atoms with Gasteiger partial charge in [-0.2, -0.15) is 0 Å². The smallest absolute Gasteiger partial charge is 0.0717 e. The molecule has 24 heavy (non-hydrogen) atoms. The summed E-state index contributed by atoms with van der Waals surface area (Å²) in [5.41, 5.74) is 3.06. The van der Waals surface area contributed by atoms with Gasteiger partial charge in [-0.15, -0.1) is 0 Å². The Labute approximate surface area is 142 Å². The lowest BCUT2D eigenvalue weighted by molar-refractivity contribution is -0.0399. The van der Waals surface area contributed by atoms with Gasteiger partial charge in [-0.05, 0) is 24.0 Å². The van der Waals surface area contributed by atoms with Gasteiger partial charge in [0.1, 0.15) is 0 Å². The Morgan fingerprint density at radius 1 is 0.792 bits per heavy atom. The van der Waals surface area contributed by atoms with E-state index in [1.54, 1.807) is 0 Å². The summed E-state index contributed by atoms with van der Waals surface area (Å²) in [6.07, 6.45) is 1.46. The minimum atomic E-state index is -0.0782. The molecular formula is C20H23NO3. The predicted octanol–water partition coefficient (Wildman–Crippen LogP) is 4.03. The van der Waals surface area contributed by atoms with Crippen LogP contribution in [0.5, 0.6) is 0 Å². The molecule has 0 unspecified atom stereocenters. The lowest BCUT2D eigenvalue weighted by Gasteiger charge is -2.41. The van der Waals surface area contributed by atoms with E-state index in [2.05, 4.69) is 29.4 Å². The van der Waals surface area contributed by atoms with E-state index in [0.29, 0.717) is 26.4 Å². The lowest BCUT2D eigenvalue weighted by Crippen LogP contribution is -2.45. The molecule has 1 N–H and O–H groups in total. The third kappa shape index (κ3) is 4.43. The van der Waals surface area contributed by atoms with Crippen LogP contribution in [0.4, 0.5) is 0 Å². The van der Waals surface area contributed by atoms with Crippen molar-refractivity contribution in [2.24, 2.45) is 10.6 Å². The molecule has 0 aromatic heterocycles. The average Bonchev–Trinajstić information content (AvgIpc) is 2.60. The Morgan fingerprint density at radius 3 is 1.67 bits per heavy atom. The summed E-state index contributed by atoms with van der Waals surface area (Å²) >= 11 is 0. The standard InChI is InChI=1S/C20H23NO3/c22-21-19-11-20(12-19,15-23-13-17-7-3-1-4-8-17)16-24-14-18-9-5-2-6-10-18/h1-10,22H,11-16H2. The highest BCUT2D eigenvalue weighted by Crippen LogP contribution is 2.40. The second kappa shape index (κ2) is 8.08. The van der Waals surface area contributed by atoms with Crippen LogP contribution in [0.25, 0.3) is 0 Å². The molecule has 2 aromatic carbocycles. The van der Waals surface area contributed by atoms with Crippen molar-refractivity contribution in [3.05, 3.63) is 71.8 Å². The Morgan fingerprint density at radius 2 is 1.25 bits per heavy atom. The molecule has 0 heterocycles. The predicted molar refractivity (Wildman–Crippen MR) is 93.1 cm³/mol. The fraction of sp³-hybridized carbons (Fsp3) is 0.350. The molecule has 1 aliphatic rings. The van der Waals surface area contributed by atoms with Crippen molar-refractivity contribution in [2.45, 2.75) is 26.1 Å². The molecule has 2 aromatic rings. The molecule has 0 radical (unpaired) electrons. The number of hydrogen-bond donors (Lipinski definition) is 1. The molecule has 1 saturated carbocycles. The molecule has 0 saturated heterocycles. The SMILES string of the molecule is ON=C1CC(COCc2ccccc2)(COCc2ccccc2)C1. The van der Waals surface area contributed by atoms with E-state index in [0.717, 1.165) is 29.7 Å². The topological polar surface area (TPSA) is 51.1 Å². The second-order valence-corrected chi connectivity index (χ2v) is 6.48. The van der Waals surface area contributed by atoms with Gasteiger partial charge in [0.05, 0.1) is 32.1 Å². The first-order valence-corrected chi connectivity index (χ1v) is 8.23. The Hall–Kier alpha value is -2.17. The summed E-state index contributed by atoms with van der Waals surface area (Å²) in [7, 11) is 0. The fourth-order valence-electron chi connectivity index (χ4n) is 3.05. The van der Waals surface area contributed by atoms with Crippen molar-refractivity contribution in [3.63, 3.8) is 0 Å². The average molecular weight is 325 g/mol. The fourth-order valence-corrected chi connectivity index (χ4v) is 3.05. The van der Waals surface area contributed by atoms with Crippen LogP contribution in [-0.2, 0) is 22.7 Å². The van der Waals surface area contributed by atoms with Gasteiger partial charge in [0, 0.05) is 5.41 Å². The van der Waals surface area contributed by atoms with Crippen molar-refractivity contribution < 1.29 is 14.7 Å². The van der Waals surface area contributed by atoms with E-state index in [4.69, 9.17) is 14.7 Å². The maximum absolute atomic E-state index is 8.93. The molecule has 4 heteroatoms. The molecular weight excluding hydrogens is 302 g/mol. The highest BCUT2D eigenvalue weighted by molar-refractivity contribution is 5.91. The maximum atomic E-state index is 8.93. The van der Waals surface area contributed by atoms with Crippen molar-refractivity contribution in [2.75, 3.05) is 13.2 Å². The van der Waals surface area contributed by atoms with Crippen molar-refractivity contribution in [1.29, 1.82) is 0 Å². The number of rotatable bonds is 8. The molecule has 1 aliphatic carbocycles. The summed E-state index contributed by atoms with van der Waals surface area (Å²) in [6, 6.07) is 20.3. The van der Waals surface area contributed by atoms with Gasteiger partial charge in [-0.25, -0.2) is 0 Å². The summed E-state index contributed by atoms with van der Waals surface area (Å²) in [5, 5.41) is 12.3. The summed E-state index contributed by atoms with van der Waals surface area (Å²) in [5.74, 6) is 0. The van der Waals surface area contributed by atoms with Crippen LogP contribution < -0.4 is 0 Å². The van der Waals surface area contributed by atoms with E-state index in [1.807, 2.05) is 36.4 Å². The lowest BCUT2D eigenvalue weighted by atomic mass is 9.68. The summed E-state index contributed by atoms with van der Waals surface area (Å²) in [4.78, 5) is 0. The van der Waals surface area contributed by atoms with E-state index in [9.17, 15) is 0 Å². The van der Waals surface area contributed by atoms with Gasteiger partial charge >= 0.3 is 0 Å². The van der Waals surface area contributed by atoms with Gasteiger partial charge < -0.3 is 14.7 Å². The number of nitrogens with zero attached hydrogens (tertiary/aromatic N) is 1. The minimum absolute atomic E-state index is 0.0782. The molecule has 4 nitrogen and oxygen atoms in total. The monoisotopic (exact) mass is 325 g/mol. The first-order chi connectivity index (χ1) is 11.8. The molecule has 1 fully saturated rings. The van der Waals surface area contributed by atoms with E-state index in [1.165, 1.54) is 0 Å². The first kappa shape index (κ1) is 16.7. The van der Waals surface area contributed by atoms with Gasteiger partial charge in [0.2, 0.25) is 0 Å². The molecule has 126 valence electrons. The molecule has 0 atom stereocenters. The highest BCUT2D eigenvalue weighted by Gasteiger charge is 2.43. The molecule has 0 spiro atoms. The molecule has 0 amide bonds. The van der Waals surface area contributed by atoms with Crippen LogP contribution in [0.3, 0.4) is 0 Å². The van der Waals surface area contributed by atoms with E-state index >= 15 is 0 Å². The van der Waals surface area contributed by atoms with Crippen molar-refractivity contribution >= 4 is 5.71 Å². The third-order valence-corrected chi connectivity index (χ3v) is 4.34. The Bertz CT molecular complexity index is 600. The van der Waals surface area contributed by atoms with Crippen molar-refractivity contribution in [1.82, 2.24) is 0 Å². The van der Waals surface area contributed by atoms with Crippen LogP contribution in [0.2, 0.25) is 0 Å². The minimum Gasteiger partial charge on any atom is -0.411 e. The van der Waals surface area contributed by atoms with Crippen LogP contribution in [0.1, 0.15) is 24.0 Å². The summed E-state index contributed by atoms with van der Waals surface area (Å²) in [6.45, 7) is 2.39. The Balaban J connectivity index is 1.49. The van der Waals surface area contributed by atoms with Crippen molar-refractivity contribution in [3.8, 4) is 0 Å². The largest absolute Gasteiger partial charge is 0.411 e. The molecule has 0 aliphatic heterocycles. The number of hydrogen-bond acceptors (Lipinski definition) is 4. The van der Waals surface area contributed by atoms with Crippen LogP contribution >= 0.6 is 0 Å². The number of oxime groups is 1. The zero-order valence-electron chi connectivity index (χ0n) is 13.7. The van der Waals surface area contributed by atoms with Gasteiger partial charge in [-0.3, -0.25) is 0 Å². The van der Waals surface area contributed by atoms with Gasteiger partial charge in [0.25, 0.3) is 0 Å². The summed E-state index contributed by atoms with van der Waals surface area (Å²) < 4.78 is 11.8. The van der Waals surface area contributed by atoms with Crippen LogP contribution in [-0.4, -0.2) is 24.1 Å². The third-order valence-electron chi connectivity index (χ3n) is 4.34. The second-order valence-electron chi connectivity index (χ2n) is 6.48. The zero-order chi connectivity index (χ0) is 16.7. The molecule has 3 rings (SSSR count). The molecule has 0 bridgehead atoms. The van der Waals surface area contributed by atoms with Crippen LogP contribution in [0, 0.1) is 5.41 Å². The van der Waals surface area contributed by atoms with Gasteiger partial charge in [-0.1, -0.05) is 65.8 Å². The first-order valence-electron chi connectivity index (χ1n) is 8.23. The number of benzene rings is 2. The highest BCUT2D eigenvalue weighted by atomic mass is 16.5. The maximum Gasteiger partial charge on any atom is 0.0717 e.